The maximum atomic E-state index is 12.7. The van der Waals surface area contributed by atoms with Gasteiger partial charge in [-0.05, 0) is 35.6 Å². The van der Waals surface area contributed by atoms with Crippen molar-refractivity contribution in [3.05, 3.63) is 58.6 Å². The molecule has 31 heavy (non-hydrogen) atoms. The monoisotopic (exact) mass is 445 g/mol. The number of carbonyl (C=O) groups excluding carboxylic acids is 2. The van der Waals surface area contributed by atoms with Gasteiger partial charge in [-0.25, -0.2) is 4.79 Å². The molecule has 1 unspecified atom stereocenters. The van der Waals surface area contributed by atoms with Crippen molar-refractivity contribution >= 4 is 23.5 Å². The predicted molar refractivity (Wildman–Crippen MR) is 120 cm³/mol. The molecule has 1 atom stereocenters. The fraction of sp³-hybridized carbons (Fsp3) is 0.391. The second-order valence-electron chi connectivity index (χ2n) is 7.68. The first-order valence-electron chi connectivity index (χ1n) is 10.4. The van der Waals surface area contributed by atoms with E-state index < -0.39 is 6.04 Å². The highest BCUT2D eigenvalue weighted by atomic mass is 35.5. The standard InChI is InChI=1S/C23H28ClN3O4/c1-15(2)20(27-23(29)26-14-16-6-4-3-5-7-16)22(28)25-9-8-17-12-18(24)21-19(13-17)30-10-11-31-21/h3-7,12-13,15,20H,8-11,14H2,1-2H3,(H,25,28)(H2,26,27,29). The first-order chi connectivity index (χ1) is 14.9. The molecular formula is C23H28ClN3O4. The molecule has 1 aliphatic heterocycles. The van der Waals surface area contributed by atoms with E-state index in [9.17, 15) is 9.59 Å². The van der Waals surface area contributed by atoms with Crippen LogP contribution in [-0.4, -0.2) is 37.7 Å². The molecule has 1 aliphatic rings. The number of amides is 3. The predicted octanol–water partition coefficient (Wildman–Crippen LogP) is 3.29. The van der Waals surface area contributed by atoms with Crippen LogP contribution < -0.4 is 25.4 Å². The smallest absolute Gasteiger partial charge is 0.315 e. The van der Waals surface area contributed by atoms with Gasteiger partial charge in [-0.15, -0.1) is 0 Å². The van der Waals surface area contributed by atoms with Crippen LogP contribution in [0, 0.1) is 5.92 Å². The molecule has 8 heteroatoms. The number of benzene rings is 2. The van der Waals surface area contributed by atoms with Gasteiger partial charge >= 0.3 is 6.03 Å². The summed E-state index contributed by atoms with van der Waals surface area (Å²) in [5.41, 5.74) is 1.92. The Kier molecular flexibility index (Phi) is 8.00. The summed E-state index contributed by atoms with van der Waals surface area (Å²) in [6, 6.07) is 12.3. The van der Waals surface area contributed by atoms with Crippen LogP contribution in [0.1, 0.15) is 25.0 Å². The Morgan fingerprint density at radius 2 is 1.77 bits per heavy atom. The molecule has 3 amide bonds. The van der Waals surface area contributed by atoms with E-state index >= 15 is 0 Å². The summed E-state index contributed by atoms with van der Waals surface area (Å²) in [7, 11) is 0. The summed E-state index contributed by atoms with van der Waals surface area (Å²) in [5.74, 6) is 0.892. The lowest BCUT2D eigenvalue weighted by molar-refractivity contribution is -0.123. The molecule has 3 N–H and O–H groups in total. The van der Waals surface area contributed by atoms with Gasteiger partial charge in [0.25, 0.3) is 0 Å². The molecule has 0 fully saturated rings. The number of nitrogens with one attached hydrogen (secondary N) is 3. The van der Waals surface area contributed by atoms with E-state index in [0.29, 0.717) is 49.2 Å². The highest BCUT2D eigenvalue weighted by molar-refractivity contribution is 6.32. The van der Waals surface area contributed by atoms with Crippen LogP contribution in [-0.2, 0) is 17.8 Å². The van der Waals surface area contributed by atoms with E-state index in [0.717, 1.165) is 11.1 Å². The number of hydrogen-bond acceptors (Lipinski definition) is 4. The van der Waals surface area contributed by atoms with Crippen LogP contribution in [0.2, 0.25) is 5.02 Å². The zero-order valence-electron chi connectivity index (χ0n) is 17.7. The summed E-state index contributed by atoms with van der Waals surface area (Å²) in [6.45, 7) is 5.54. The van der Waals surface area contributed by atoms with Gasteiger partial charge in [-0.1, -0.05) is 55.8 Å². The van der Waals surface area contributed by atoms with E-state index in [1.165, 1.54) is 0 Å². The third-order valence-electron chi connectivity index (χ3n) is 4.90. The van der Waals surface area contributed by atoms with E-state index in [-0.39, 0.29) is 17.9 Å². The van der Waals surface area contributed by atoms with Gasteiger partial charge in [-0.2, -0.15) is 0 Å². The Morgan fingerprint density at radius 1 is 1.03 bits per heavy atom. The normalized spacial score (nSPS) is 13.4. The van der Waals surface area contributed by atoms with Gasteiger partial charge in [0.1, 0.15) is 19.3 Å². The second kappa shape index (κ2) is 10.9. The maximum Gasteiger partial charge on any atom is 0.315 e. The molecule has 2 aromatic rings. The first kappa shape index (κ1) is 22.7. The van der Waals surface area contributed by atoms with Crippen molar-refractivity contribution in [1.82, 2.24) is 16.0 Å². The molecule has 0 spiro atoms. The van der Waals surface area contributed by atoms with Crippen molar-refractivity contribution in [3.63, 3.8) is 0 Å². The fourth-order valence-corrected chi connectivity index (χ4v) is 3.54. The zero-order valence-corrected chi connectivity index (χ0v) is 18.5. The largest absolute Gasteiger partial charge is 0.486 e. The highest BCUT2D eigenvalue weighted by Crippen LogP contribution is 2.38. The van der Waals surface area contributed by atoms with Gasteiger partial charge in [0.05, 0.1) is 5.02 Å². The fourth-order valence-electron chi connectivity index (χ4n) is 3.25. The summed E-state index contributed by atoms with van der Waals surface area (Å²) >= 11 is 6.27. The Morgan fingerprint density at radius 3 is 2.52 bits per heavy atom. The first-order valence-corrected chi connectivity index (χ1v) is 10.8. The number of halogens is 1. The van der Waals surface area contributed by atoms with Crippen LogP contribution in [0.25, 0.3) is 0 Å². The zero-order chi connectivity index (χ0) is 22.2. The van der Waals surface area contributed by atoms with Crippen molar-refractivity contribution < 1.29 is 19.1 Å². The van der Waals surface area contributed by atoms with Gasteiger partial charge in [0.15, 0.2) is 11.5 Å². The Hall–Kier alpha value is -2.93. The van der Waals surface area contributed by atoms with E-state index in [4.69, 9.17) is 21.1 Å². The van der Waals surface area contributed by atoms with E-state index in [1.54, 1.807) is 0 Å². The van der Waals surface area contributed by atoms with Gasteiger partial charge < -0.3 is 25.4 Å². The SMILES string of the molecule is CC(C)C(NC(=O)NCc1ccccc1)C(=O)NCCc1cc(Cl)c2c(c1)OCCO2. The molecule has 0 aromatic heterocycles. The van der Waals surface area contributed by atoms with Crippen molar-refractivity contribution in [1.29, 1.82) is 0 Å². The van der Waals surface area contributed by atoms with Gasteiger partial charge in [0, 0.05) is 13.1 Å². The molecule has 0 saturated carbocycles. The quantitative estimate of drug-likeness (QED) is 0.581. The van der Waals surface area contributed by atoms with Gasteiger partial charge in [-0.3, -0.25) is 4.79 Å². The molecule has 2 aromatic carbocycles. The Balaban J connectivity index is 1.49. The molecule has 166 valence electrons. The Bertz CT molecular complexity index is 905. The minimum atomic E-state index is -0.639. The third-order valence-corrected chi connectivity index (χ3v) is 5.18. The number of carbonyl (C=O) groups is 2. The minimum absolute atomic E-state index is 0.0637. The minimum Gasteiger partial charge on any atom is -0.486 e. The van der Waals surface area contributed by atoms with Crippen molar-refractivity contribution in [2.75, 3.05) is 19.8 Å². The molecule has 0 saturated heterocycles. The van der Waals surface area contributed by atoms with Crippen molar-refractivity contribution in [2.45, 2.75) is 32.9 Å². The topological polar surface area (TPSA) is 88.7 Å². The van der Waals surface area contributed by atoms with Crippen LogP contribution in [0.3, 0.4) is 0 Å². The molecule has 7 nitrogen and oxygen atoms in total. The second-order valence-corrected chi connectivity index (χ2v) is 8.08. The lowest BCUT2D eigenvalue weighted by Gasteiger charge is -2.22. The van der Waals surface area contributed by atoms with E-state index in [2.05, 4.69) is 16.0 Å². The van der Waals surface area contributed by atoms with Crippen LogP contribution >= 0.6 is 11.6 Å². The summed E-state index contributed by atoms with van der Waals surface area (Å²) in [4.78, 5) is 24.9. The molecule has 1 heterocycles. The molecule has 0 bridgehead atoms. The number of ether oxygens (including phenoxy) is 2. The summed E-state index contributed by atoms with van der Waals surface area (Å²) in [6.07, 6.45) is 0.577. The van der Waals surface area contributed by atoms with Gasteiger partial charge in [0.2, 0.25) is 5.91 Å². The lowest BCUT2D eigenvalue weighted by Crippen LogP contribution is -2.52. The maximum absolute atomic E-state index is 12.7. The molecule has 3 rings (SSSR count). The summed E-state index contributed by atoms with van der Waals surface area (Å²) in [5, 5.41) is 8.94. The molecule has 0 radical (unpaired) electrons. The van der Waals surface area contributed by atoms with Crippen LogP contribution in [0.5, 0.6) is 11.5 Å². The number of urea groups is 1. The number of hydrogen-bond donors (Lipinski definition) is 3. The Labute approximate surface area is 187 Å². The van der Waals surface area contributed by atoms with Crippen LogP contribution in [0.15, 0.2) is 42.5 Å². The van der Waals surface area contributed by atoms with Crippen molar-refractivity contribution in [3.8, 4) is 11.5 Å². The lowest BCUT2D eigenvalue weighted by atomic mass is 10.0. The number of fused-ring (bicyclic) bond motifs is 1. The van der Waals surface area contributed by atoms with Crippen LogP contribution in [0.4, 0.5) is 4.79 Å². The molecule has 0 aliphatic carbocycles. The third kappa shape index (κ3) is 6.52. The average molecular weight is 446 g/mol. The summed E-state index contributed by atoms with van der Waals surface area (Å²) < 4.78 is 11.1. The highest BCUT2D eigenvalue weighted by Gasteiger charge is 2.24. The molecular weight excluding hydrogens is 418 g/mol. The van der Waals surface area contributed by atoms with Crippen molar-refractivity contribution in [2.24, 2.45) is 5.92 Å². The average Bonchev–Trinajstić information content (AvgIpc) is 2.76. The number of rotatable bonds is 8. The van der Waals surface area contributed by atoms with E-state index in [1.807, 2.05) is 56.3 Å².